The van der Waals surface area contributed by atoms with Crippen molar-refractivity contribution in [3.05, 3.63) is 71.8 Å². The summed E-state index contributed by atoms with van der Waals surface area (Å²) in [4.78, 5) is 13.0. The molecule has 2 rings (SSSR count). The fraction of sp³-hybridized carbons (Fsp3) is 0.409. The maximum Gasteiger partial charge on any atom is 0.193 e. The Hall–Kier alpha value is -1.71. The van der Waals surface area contributed by atoms with E-state index in [2.05, 4.69) is 32.9 Å². The van der Waals surface area contributed by atoms with Crippen LogP contribution >= 0.6 is 0 Å². The van der Waals surface area contributed by atoms with Gasteiger partial charge in [0, 0.05) is 12.8 Å². The molecule has 0 aliphatic heterocycles. The molecule has 2 nitrogen and oxygen atoms in total. The van der Waals surface area contributed by atoms with E-state index in [1.807, 2.05) is 48.5 Å². The van der Waals surface area contributed by atoms with Crippen LogP contribution in [0.1, 0.15) is 31.9 Å². The third kappa shape index (κ3) is 5.65. The molecular weight excluding hydrogens is 324 g/mol. The fourth-order valence-corrected chi connectivity index (χ4v) is 6.08. The second kappa shape index (κ2) is 9.69. The molecule has 0 aliphatic carbocycles. The number of Topliss-reactive ketones (excluding diaryl/α,β-unsaturated/α-hetero) is 1. The Bertz CT molecular complexity index is 627. The van der Waals surface area contributed by atoms with Crippen LogP contribution < -0.4 is 0 Å². The quantitative estimate of drug-likeness (QED) is 0.532. The van der Waals surface area contributed by atoms with Gasteiger partial charge in [-0.3, -0.25) is 4.79 Å². The summed E-state index contributed by atoms with van der Waals surface area (Å²) >= 11 is 0. The van der Waals surface area contributed by atoms with Crippen molar-refractivity contribution in [2.45, 2.75) is 57.8 Å². The van der Waals surface area contributed by atoms with E-state index < -0.39 is 8.32 Å². The number of ketones is 1. The molecule has 0 saturated heterocycles. The largest absolute Gasteiger partial charge is 0.407 e. The zero-order valence-electron chi connectivity index (χ0n) is 15.7. The first-order chi connectivity index (χ1) is 12.1. The topological polar surface area (TPSA) is 26.3 Å². The minimum absolute atomic E-state index is 0.197. The molecule has 0 saturated carbocycles. The van der Waals surface area contributed by atoms with Gasteiger partial charge in [0.15, 0.2) is 14.1 Å². The molecule has 2 aromatic carbocycles. The number of hydrogen-bond acceptors (Lipinski definition) is 2. The summed E-state index contributed by atoms with van der Waals surface area (Å²) in [6, 6.07) is 23.4. The van der Waals surface area contributed by atoms with Crippen molar-refractivity contribution < 1.29 is 9.22 Å². The number of benzene rings is 2. The van der Waals surface area contributed by atoms with Crippen LogP contribution in [0.25, 0.3) is 0 Å². The minimum atomic E-state index is -1.84. The van der Waals surface area contributed by atoms with Crippen LogP contribution in [0.2, 0.25) is 18.1 Å². The third-order valence-corrected chi connectivity index (χ3v) is 9.82. The van der Waals surface area contributed by atoms with Crippen LogP contribution in [0.5, 0.6) is 0 Å². The second-order valence-corrected chi connectivity index (χ2v) is 11.4. The van der Waals surface area contributed by atoms with Gasteiger partial charge in [-0.15, -0.1) is 0 Å². The lowest BCUT2D eigenvalue weighted by atomic mass is 10.0. The summed E-state index contributed by atoms with van der Waals surface area (Å²) in [6.07, 6.45) is 0.774. The molecule has 0 aromatic heterocycles. The van der Waals surface area contributed by atoms with Crippen LogP contribution in [-0.4, -0.2) is 20.2 Å². The SMILES string of the molecule is CC[Si](CC)(CC)O[C@@H](Cc1ccccc1)C(=O)Cc1ccccc1. The Balaban J connectivity index is 2.20. The molecule has 1 atom stereocenters. The first-order valence-corrected chi connectivity index (χ1v) is 11.9. The Kier molecular flexibility index (Phi) is 7.60. The van der Waals surface area contributed by atoms with Crippen molar-refractivity contribution in [3.63, 3.8) is 0 Å². The first-order valence-electron chi connectivity index (χ1n) is 9.40. The van der Waals surface area contributed by atoms with Gasteiger partial charge < -0.3 is 4.43 Å². The molecule has 3 heteroatoms. The van der Waals surface area contributed by atoms with E-state index in [0.29, 0.717) is 12.8 Å². The van der Waals surface area contributed by atoms with Gasteiger partial charge in [-0.1, -0.05) is 81.4 Å². The third-order valence-electron chi connectivity index (χ3n) is 5.17. The molecule has 2 aromatic rings. The smallest absolute Gasteiger partial charge is 0.193 e. The van der Waals surface area contributed by atoms with Crippen molar-refractivity contribution in [2.24, 2.45) is 0 Å². The molecular formula is C22H30O2Si. The van der Waals surface area contributed by atoms with Gasteiger partial charge in [0.2, 0.25) is 0 Å². The number of rotatable bonds is 10. The number of carbonyl (C=O) groups is 1. The van der Waals surface area contributed by atoms with Gasteiger partial charge >= 0.3 is 0 Å². The van der Waals surface area contributed by atoms with Gasteiger partial charge in [0.1, 0.15) is 6.10 Å². The van der Waals surface area contributed by atoms with E-state index in [0.717, 1.165) is 23.7 Å². The molecule has 0 fully saturated rings. The highest BCUT2D eigenvalue weighted by atomic mass is 28.4. The Morgan fingerprint density at radius 1 is 0.840 bits per heavy atom. The zero-order chi connectivity index (χ0) is 18.1. The molecule has 134 valence electrons. The highest BCUT2D eigenvalue weighted by Gasteiger charge is 2.34. The van der Waals surface area contributed by atoms with E-state index in [-0.39, 0.29) is 11.9 Å². The van der Waals surface area contributed by atoms with Crippen LogP contribution in [0.3, 0.4) is 0 Å². The summed E-state index contributed by atoms with van der Waals surface area (Å²) in [6.45, 7) is 6.63. The van der Waals surface area contributed by atoms with Crippen LogP contribution in [0.4, 0.5) is 0 Å². The van der Waals surface area contributed by atoms with Crippen LogP contribution in [0, 0.1) is 0 Å². The normalized spacial score (nSPS) is 12.8. The molecule has 0 radical (unpaired) electrons. The maximum atomic E-state index is 13.0. The molecule has 0 heterocycles. The molecule has 0 bridgehead atoms. The standard InChI is InChI=1S/C22H30O2Si/c1-4-25(5-2,6-3)24-22(18-20-15-11-8-12-16-20)21(23)17-19-13-9-7-10-14-19/h7-16,22H,4-6,17-18H2,1-3H3/t22-/m0/s1. The monoisotopic (exact) mass is 354 g/mol. The first kappa shape index (κ1) is 19.6. The van der Waals surface area contributed by atoms with Crippen LogP contribution in [-0.2, 0) is 22.1 Å². The lowest BCUT2D eigenvalue weighted by molar-refractivity contribution is -0.125. The Morgan fingerprint density at radius 3 is 1.80 bits per heavy atom. The van der Waals surface area contributed by atoms with E-state index in [9.17, 15) is 4.79 Å². The van der Waals surface area contributed by atoms with E-state index >= 15 is 0 Å². The number of hydrogen-bond donors (Lipinski definition) is 0. The summed E-state index contributed by atoms with van der Waals surface area (Å²) in [7, 11) is -1.84. The van der Waals surface area contributed by atoms with Crippen molar-refractivity contribution in [2.75, 3.05) is 0 Å². The average Bonchev–Trinajstić information content (AvgIpc) is 2.67. The summed E-state index contributed by atoms with van der Waals surface area (Å²) < 4.78 is 6.61. The summed E-state index contributed by atoms with van der Waals surface area (Å²) in [5.74, 6) is 0.197. The molecule has 0 unspecified atom stereocenters. The summed E-state index contributed by atoms with van der Waals surface area (Å²) in [5, 5.41) is 0. The van der Waals surface area contributed by atoms with Gasteiger partial charge in [-0.2, -0.15) is 0 Å². The molecule has 0 N–H and O–H groups in total. The van der Waals surface area contributed by atoms with Gasteiger partial charge in [0.25, 0.3) is 0 Å². The Labute approximate surface area is 153 Å². The Morgan fingerprint density at radius 2 is 1.32 bits per heavy atom. The molecule has 0 aliphatic rings. The van der Waals surface area contributed by atoms with Crippen molar-refractivity contribution >= 4 is 14.1 Å². The van der Waals surface area contributed by atoms with Crippen molar-refractivity contribution in [3.8, 4) is 0 Å². The molecule has 25 heavy (non-hydrogen) atoms. The fourth-order valence-electron chi connectivity index (χ4n) is 3.26. The summed E-state index contributed by atoms with van der Waals surface area (Å²) in [5.41, 5.74) is 2.23. The number of carbonyl (C=O) groups excluding carboxylic acids is 1. The van der Waals surface area contributed by atoms with Crippen LogP contribution in [0.15, 0.2) is 60.7 Å². The zero-order valence-corrected chi connectivity index (χ0v) is 16.7. The van der Waals surface area contributed by atoms with E-state index in [4.69, 9.17) is 4.43 Å². The van der Waals surface area contributed by atoms with E-state index in [1.165, 1.54) is 5.56 Å². The van der Waals surface area contributed by atoms with Crippen molar-refractivity contribution in [1.29, 1.82) is 0 Å². The van der Waals surface area contributed by atoms with Gasteiger partial charge in [-0.05, 0) is 29.3 Å². The highest BCUT2D eigenvalue weighted by Crippen LogP contribution is 2.25. The maximum absolute atomic E-state index is 13.0. The minimum Gasteiger partial charge on any atom is -0.407 e. The lowest BCUT2D eigenvalue weighted by Gasteiger charge is -2.33. The molecule has 0 amide bonds. The van der Waals surface area contributed by atoms with Crippen molar-refractivity contribution in [1.82, 2.24) is 0 Å². The predicted molar refractivity (Wildman–Crippen MR) is 107 cm³/mol. The highest BCUT2D eigenvalue weighted by molar-refractivity contribution is 6.73. The average molecular weight is 355 g/mol. The molecule has 0 spiro atoms. The van der Waals surface area contributed by atoms with Gasteiger partial charge in [0.05, 0.1) is 0 Å². The second-order valence-electron chi connectivity index (χ2n) is 6.67. The lowest BCUT2D eigenvalue weighted by Crippen LogP contribution is -2.44. The van der Waals surface area contributed by atoms with E-state index in [1.54, 1.807) is 0 Å². The van der Waals surface area contributed by atoms with Gasteiger partial charge in [-0.25, -0.2) is 0 Å². The predicted octanol–water partition coefficient (Wildman–Crippen LogP) is 5.43.